The highest BCUT2D eigenvalue weighted by molar-refractivity contribution is 5.75. The van der Waals surface area contributed by atoms with Crippen molar-refractivity contribution in [3.8, 4) is 0 Å². The molecule has 0 aliphatic heterocycles. The van der Waals surface area contributed by atoms with Crippen LogP contribution in [0.5, 0.6) is 0 Å². The zero-order valence-electron chi connectivity index (χ0n) is 7.70. The van der Waals surface area contributed by atoms with Crippen LogP contribution in [0, 0.1) is 11.3 Å². The van der Waals surface area contributed by atoms with Crippen molar-refractivity contribution in [3.63, 3.8) is 0 Å². The predicted molar refractivity (Wildman–Crippen MR) is 47.3 cm³/mol. The van der Waals surface area contributed by atoms with Gasteiger partial charge in [-0.1, -0.05) is 6.42 Å². The van der Waals surface area contributed by atoms with Crippen molar-refractivity contribution < 1.29 is 15.0 Å². The lowest BCUT2D eigenvalue weighted by atomic mass is 9.67. The molecule has 0 saturated heterocycles. The highest BCUT2D eigenvalue weighted by Crippen LogP contribution is 2.52. The summed E-state index contributed by atoms with van der Waals surface area (Å²) in [6.07, 6.45) is 4.61. The Hall–Kier alpha value is -0.570. The van der Waals surface area contributed by atoms with Gasteiger partial charge in [0.1, 0.15) is 0 Å². The number of hydrogen-bond donors (Lipinski definition) is 2. The Labute approximate surface area is 77.8 Å². The van der Waals surface area contributed by atoms with Crippen molar-refractivity contribution >= 4 is 5.97 Å². The van der Waals surface area contributed by atoms with Crippen molar-refractivity contribution in [2.45, 2.75) is 44.6 Å². The first-order valence-corrected chi connectivity index (χ1v) is 5.06. The van der Waals surface area contributed by atoms with Gasteiger partial charge in [0, 0.05) is 0 Å². The summed E-state index contributed by atoms with van der Waals surface area (Å²) in [4.78, 5) is 11.2. The monoisotopic (exact) mass is 184 g/mol. The molecular weight excluding hydrogens is 168 g/mol. The molecule has 2 N–H and O–H groups in total. The highest BCUT2D eigenvalue weighted by atomic mass is 16.4. The van der Waals surface area contributed by atoms with E-state index in [0.717, 1.165) is 32.1 Å². The van der Waals surface area contributed by atoms with Crippen molar-refractivity contribution in [1.82, 2.24) is 0 Å². The van der Waals surface area contributed by atoms with E-state index in [1.165, 1.54) is 0 Å². The Kier molecular flexibility index (Phi) is 2.06. The zero-order valence-corrected chi connectivity index (χ0v) is 7.70. The molecule has 3 heteroatoms. The van der Waals surface area contributed by atoms with E-state index in [-0.39, 0.29) is 6.10 Å². The van der Waals surface area contributed by atoms with Crippen LogP contribution in [0.3, 0.4) is 0 Å². The molecule has 2 saturated carbocycles. The van der Waals surface area contributed by atoms with Crippen LogP contribution in [0.4, 0.5) is 0 Å². The fourth-order valence-electron chi connectivity index (χ4n) is 3.12. The second-order valence-electron chi connectivity index (χ2n) is 4.49. The number of carbonyl (C=O) groups is 1. The quantitative estimate of drug-likeness (QED) is 0.647. The molecule has 0 amide bonds. The van der Waals surface area contributed by atoms with Crippen LogP contribution in [0.1, 0.15) is 38.5 Å². The zero-order chi connectivity index (χ0) is 9.47. The van der Waals surface area contributed by atoms with E-state index in [9.17, 15) is 15.0 Å². The van der Waals surface area contributed by atoms with Crippen molar-refractivity contribution in [2.75, 3.05) is 0 Å². The molecule has 2 aliphatic carbocycles. The summed E-state index contributed by atoms with van der Waals surface area (Å²) in [7, 11) is 0. The molecule has 3 nitrogen and oxygen atoms in total. The van der Waals surface area contributed by atoms with E-state index in [0.29, 0.717) is 12.3 Å². The topological polar surface area (TPSA) is 57.5 Å². The minimum absolute atomic E-state index is 0.327. The molecule has 3 unspecified atom stereocenters. The van der Waals surface area contributed by atoms with Crippen LogP contribution in [0.15, 0.2) is 0 Å². The van der Waals surface area contributed by atoms with E-state index in [2.05, 4.69) is 0 Å². The van der Waals surface area contributed by atoms with Gasteiger partial charge in [-0.05, 0) is 38.0 Å². The second kappa shape index (κ2) is 2.98. The minimum Gasteiger partial charge on any atom is -0.481 e. The molecule has 2 aliphatic rings. The van der Waals surface area contributed by atoms with Crippen LogP contribution in [0.2, 0.25) is 0 Å². The van der Waals surface area contributed by atoms with Gasteiger partial charge in [0.05, 0.1) is 11.5 Å². The first-order chi connectivity index (χ1) is 6.15. The number of carboxylic acids is 1. The normalized spacial score (nSPS) is 44.4. The van der Waals surface area contributed by atoms with Gasteiger partial charge >= 0.3 is 5.97 Å². The number of hydrogen-bond acceptors (Lipinski definition) is 2. The minimum atomic E-state index is -0.686. The van der Waals surface area contributed by atoms with Crippen molar-refractivity contribution in [1.29, 1.82) is 0 Å². The molecule has 2 rings (SSSR count). The summed E-state index contributed by atoms with van der Waals surface area (Å²) in [6.45, 7) is 0. The number of aliphatic hydroxyl groups excluding tert-OH is 1. The summed E-state index contributed by atoms with van der Waals surface area (Å²) in [5.41, 5.74) is -0.572. The summed E-state index contributed by atoms with van der Waals surface area (Å²) >= 11 is 0. The highest BCUT2D eigenvalue weighted by Gasteiger charge is 2.51. The SMILES string of the molecule is O=C(O)C12CCCC1CCC(O)C2. The molecule has 0 heterocycles. The molecule has 74 valence electrons. The standard InChI is InChI=1S/C10H16O3/c11-8-4-3-7-2-1-5-10(7,6-8)9(12)13/h7-8,11H,1-6H2,(H,12,13). The van der Waals surface area contributed by atoms with Crippen LogP contribution < -0.4 is 0 Å². The van der Waals surface area contributed by atoms with E-state index < -0.39 is 11.4 Å². The van der Waals surface area contributed by atoms with E-state index in [1.54, 1.807) is 0 Å². The molecule has 0 aromatic heterocycles. The van der Waals surface area contributed by atoms with Crippen molar-refractivity contribution in [2.24, 2.45) is 11.3 Å². The maximum Gasteiger partial charge on any atom is 0.310 e. The lowest BCUT2D eigenvalue weighted by Crippen LogP contribution is -2.41. The maximum absolute atomic E-state index is 11.2. The Morgan fingerprint density at radius 2 is 2.08 bits per heavy atom. The average Bonchev–Trinajstić information content (AvgIpc) is 2.47. The molecule has 0 aromatic rings. The van der Waals surface area contributed by atoms with Gasteiger partial charge in [0.25, 0.3) is 0 Å². The fourth-order valence-corrected chi connectivity index (χ4v) is 3.12. The summed E-state index contributed by atoms with van der Waals surface area (Å²) in [5, 5.41) is 18.7. The second-order valence-corrected chi connectivity index (χ2v) is 4.49. The van der Waals surface area contributed by atoms with Gasteiger partial charge in [-0.2, -0.15) is 0 Å². The Morgan fingerprint density at radius 1 is 1.31 bits per heavy atom. The van der Waals surface area contributed by atoms with Gasteiger partial charge in [0.2, 0.25) is 0 Å². The van der Waals surface area contributed by atoms with Crippen LogP contribution in [-0.2, 0) is 4.79 Å². The van der Waals surface area contributed by atoms with Gasteiger partial charge in [-0.3, -0.25) is 4.79 Å². The Balaban J connectivity index is 2.23. The first kappa shape index (κ1) is 9.00. The van der Waals surface area contributed by atoms with E-state index in [4.69, 9.17) is 0 Å². The molecule has 3 atom stereocenters. The van der Waals surface area contributed by atoms with E-state index in [1.807, 2.05) is 0 Å². The third-order valence-electron chi connectivity index (χ3n) is 3.83. The molecule has 0 spiro atoms. The molecule has 0 bridgehead atoms. The number of aliphatic carboxylic acids is 1. The Bertz CT molecular complexity index is 226. The van der Waals surface area contributed by atoms with Crippen molar-refractivity contribution in [3.05, 3.63) is 0 Å². The summed E-state index contributed by atoms with van der Waals surface area (Å²) in [6, 6.07) is 0. The third-order valence-corrected chi connectivity index (χ3v) is 3.83. The lowest BCUT2D eigenvalue weighted by Gasteiger charge is -2.37. The number of carboxylic acid groups (broad SMARTS) is 1. The van der Waals surface area contributed by atoms with Crippen LogP contribution in [-0.4, -0.2) is 22.3 Å². The van der Waals surface area contributed by atoms with Crippen LogP contribution >= 0.6 is 0 Å². The maximum atomic E-state index is 11.2. The fraction of sp³-hybridized carbons (Fsp3) is 0.900. The van der Waals surface area contributed by atoms with E-state index >= 15 is 0 Å². The molecular formula is C10H16O3. The molecule has 13 heavy (non-hydrogen) atoms. The average molecular weight is 184 g/mol. The van der Waals surface area contributed by atoms with Crippen LogP contribution in [0.25, 0.3) is 0 Å². The van der Waals surface area contributed by atoms with Gasteiger partial charge in [0.15, 0.2) is 0 Å². The molecule has 0 radical (unpaired) electrons. The number of aliphatic hydroxyl groups is 1. The third kappa shape index (κ3) is 1.26. The molecule has 0 aromatic carbocycles. The van der Waals surface area contributed by atoms with Gasteiger partial charge in [-0.15, -0.1) is 0 Å². The lowest BCUT2D eigenvalue weighted by molar-refractivity contribution is -0.156. The predicted octanol–water partition coefficient (Wildman–Crippen LogP) is 1.40. The number of rotatable bonds is 1. The van der Waals surface area contributed by atoms with Gasteiger partial charge < -0.3 is 10.2 Å². The Morgan fingerprint density at radius 3 is 2.77 bits per heavy atom. The largest absolute Gasteiger partial charge is 0.481 e. The summed E-state index contributed by atoms with van der Waals surface area (Å²) < 4.78 is 0. The summed E-state index contributed by atoms with van der Waals surface area (Å²) in [5.74, 6) is -0.359. The number of fused-ring (bicyclic) bond motifs is 1. The molecule has 2 fully saturated rings. The first-order valence-electron chi connectivity index (χ1n) is 5.06. The smallest absolute Gasteiger partial charge is 0.310 e. The van der Waals surface area contributed by atoms with Gasteiger partial charge in [-0.25, -0.2) is 0 Å².